The van der Waals surface area contributed by atoms with E-state index < -0.39 is 5.97 Å². The van der Waals surface area contributed by atoms with Gasteiger partial charge >= 0.3 is 5.97 Å². The Morgan fingerprint density at radius 1 is 1.41 bits per heavy atom. The van der Waals surface area contributed by atoms with Gasteiger partial charge in [0.15, 0.2) is 0 Å². The number of ether oxygens (including phenoxy) is 1. The maximum absolute atomic E-state index is 12.1. The van der Waals surface area contributed by atoms with E-state index in [2.05, 4.69) is 4.99 Å². The van der Waals surface area contributed by atoms with Crippen LogP contribution in [-0.4, -0.2) is 29.9 Å². The summed E-state index contributed by atoms with van der Waals surface area (Å²) in [6.45, 7) is 3.70. The molecule has 0 aromatic heterocycles. The van der Waals surface area contributed by atoms with Gasteiger partial charge in [-0.25, -0.2) is 4.79 Å². The first-order chi connectivity index (χ1) is 10.4. The van der Waals surface area contributed by atoms with Crippen LogP contribution in [0.25, 0.3) is 5.76 Å². The molecule has 0 unspecified atom stereocenters. The molecular weight excluding hydrogens is 325 g/mol. The fourth-order valence-corrected chi connectivity index (χ4v) is 2.28. The molecule has 0 amide bonds. The topological polar surface area (TPSA) is 58.9 Å². The molecule has 0 radical (unpaired) electrons. The maximum atomic E-state index is 12.1. The number of benzene rings is 1. The van der Waals surface area contributed by atoms with Gasteiger partial charge in [0.05, 0.1) is 17.7 Å². The van der Waals surface area contributed by atoms with Crippen LogP contribution in [0.5, 0.6) is 0 Å². The standard InChI is InChI=1S/C16H17Cl2NO3/c1-3-22-16(21)12(8-19-10-4-5-10)15(20)11-6-9(2)13(17)7-14(11)18/h6-8,10,20H,3-5H2,1-2H3. The normalized spacial score (nSPS) is 15.8. The second kappa shape index (κ2) is 7.16. The number of hydrogen-bond donors (Lipinski definition) is 1. The maximum Gasteiger partial charge on any atom is 0.343 e. The minimum absolute atomic E-state index is 0.00243. The molecule has 0 bridgehead atoms. The lowest BCUT2D eigenvalue weighted by Gasteiger charge is -2.10. The molecule has 0 spiro atoms. The number of carbonyl (C=O) groups is 1. The highest BCUT2D eigenvalue weighted by atomic mass is 35.5. The molecule has 1 N–H and O–H groups in total. The van der Waals surface area contributed by atoms with Crippen molar-refractivity contribution in [1.82, 2.24) is 0 Å². The molecule has 118 valence electrons. The summed E-state index contributed by atoms with van der Waals surface area (Å²) in [6.07, 6.45) is 3.35. The zero-order chi connectivity index (χ0) is 16.3. The molecular formula is C16H17Cl2NO3. The number of esters is 1. The number of aryl methyl sites for hydroxylation is 1. The van der Waals surface area contributed by atoms with E-state index in [0.717, 1.165) is 18.4 Å². The third kappa shape index (κ3) is 4.02. The van der Waals surface area contributed by atoms with Crippen molar-refractivity contribution < 1.29 is 14.6 Å². The van der Waals surface area contributed by atoms with Crippen molar-refractivity contribution in [1.29, 1.82) is 0 Å². The van der Waals surface area contributed by atoms with Crippen molar-refractivity contribution >= 4 is 41.1 Å². The Labute approximate surface area is 139 Å². The molecule has 0 heterocycles. The second-order valence-electron chi connectivity index (χ2n) is 5.07. The van der Waals surface area contributed by atoms with Gasteiger partial charge < -0.3 is 9.84 Å². The molecule has 6 heteroatoms. The predicted molar refractivity (Wildman–Crippen MR) is 88.9 cm³/mol. The molecule has 0 aliphatic heterocycles. The van der Waals surface area contributed by atoms with Crippen LogP contribution in [0.1, 0.15) is 30.9 Å². The molecule has 0 saturated heterocycles. The summed E-state index contributed by atoms with van der Waals surface area (Å²) in [5.41, 5.74) is 1.07. The van der Waals surface area contributed by atoms with E-state index in [1.165, 1.54) is 12.3 Å². The van der Waals surface area contributed by atoms with E-state index in [0.29, 0.717) is 10.6 Å². The third-order valence-corrected chi connectivity index (χ3v) is 3.94. The molecule has 4 nitrogen and oxygen atoms in total. The average molecular weight is 342 g/mol. The van der Waals surface area contributed by atoms with Crippen LogP contribution in [0.15, 0.2) is 22.7 Å². The van der Waals surface area contributed by atoms with Crippen LogP contribution < -0.4 is 0 Å². The van der Waals surface area contributed by atoms with E-state index in [1.807, 2.05) is 0 Å². The fourth-order valence-electron chi connectivity index (χ4n) is 1.81. The number of aliphatic imine (C=N–C) groups is 1. The number of carbonyl (C=O) groups excluding carboxylic acids is 1. The lowest BCUT2D eigenvalue weighted by molar-refractivity contribution is -0.137. The largest absolute Gasteiger partial charge is 0.506 e. The Balaban J connectivity index is 2.47. The Kier molecular flexibility index (Phi) is 5.48. The summed E-state index contributed by atoms with van der Waals surface area (Å²) >= 11 is 12.1. The number of hydrogen-bond acceptors (Lipinski definition) is 4. The first-order valence-electron chi connectivity index (χ1n) is 7.03. The summed E-state index contributed by atoms with van der Waals surface area (Å²) in [5, 5.41) is 11.2. The second-order valence-corrected chi connectivity index (χ2v) is 5.89. The van der Waals surface area contributed by atoms with Gasteiger partial charge in [-0.15, -0.1) is 0 Å². The Morgan fingerprint density at radius 3 is 2.68 bits per heavy atom. The Hall–Kier alpha value is -1.52. The summed E-state index contributed by atoms with van der Waals surface area (Å²) in [4.78, 5) is 16.3. The van der Waals surface area contributed by atoms with Crippen molar-refractivity contribution in [3.8, 4) is 0 Å². The van der Waals surface area contributed by atoms with E-state index in [4.69, 9.17) is 27.9 Å². The molecule has 1 fully saturated rings. The first kappa shape index (κ1) is 16.8. The van der Waals surface area contributed by atoms with Gasteiger partial charge in [0.1, 0.15) is 11.3 Å². The number of rotatable bonds is 5. The minimum Gasteiger partial charge on any atom is -0.506 e. The highest BCUT2D eigenvalue weighted by Crippen LogP contribution is 2.30. The molecule has 2 rings (SSSR count). The Morgan fingerprint density at radius 2 is 2.09 bits per heavy atom. The van der Waals surface area contributed by atoms with Crippen LogP contribution >= 0.6 is 23.2 Å². The van der Waals surface area contributed by atoms with Crippen molar-refractivity contribution in [2.24, 2.45) is 4.99 Å². The lowest BCUT2D eigenvalue weighted by Crippen LogP contribution is -2.12. The van der Waals surface area contributed by atoms with Gasteiger partial charge in [0.2, 0.25) is 0 Å². The van der Waals surface area contributed by atoms with E-state index >= 15 is 0 Å². The quantitative estimate of drug-likeness (QED) is 0.374. The van der Waals surface area contributed by atoms with Crippen molar-refractivity contribution in [3.05, 3.63) is 38.9 Å². The third-order valence-electron chi connectivity index (χ3n) is 3.22. The van der Waals surface area contributed by atoms with Crippen molar-refractivity contribution in [3.63, 3.8) is 0 Å². The number of nitrogens with zero attached hydrogens (tertiary/aromatic N) is 1. The van der Waals surface area contributed by atoms with Gasteiger partial charge in [0, 0.05) is 16.8 Å². The van der Waals surface area contributed by atoms with E-state index in [1.54, 1.807) is 19.9 Å². The molecule has 1 saturated carbocycles. The molecule has 22 heavy (non-hydrogen) atoms. The summed E-state index contributed by atoms with van der Waals surface area (Å²) < 4.78 is 4.98. The monoisotopic (exact) mass is 341 g/mol. The minimum atomic E-state index is -0.631. The summed E-state index contributed by atoms with van der Waals surface area (Å²) in [6, 6.07) is 3.38. The molecule has 1 aromatic rings. The van der Waals surface area contributed by atoms with Crippen LogP contribution in [0, 0.1) is 6.92 Å². The molecule has 0 atom stereocenters. The van der Waals surface area contributed by atoms with Gasteiger partial charge in [-0.2, -0.15) is 0 Å². The van der Waals surface area contributed by atoms with Gasteiger partial charge in [-0.05, 0) is 44.4 Å². The fraction of sp³-hybridized carbons (Fsp3) is 0.375. The SMILES string of the molecule is CCOC(=O)C(C=NC1CC1)=C(O)c1cc(C)c(Cl)cc1Cl. The Bertz CT molecular complexity index is 649. The highest BCUT2D eigenvalue weighted by Gasteiger charge is 2.22. The van der Waals surface area contributed by atoms with Crippen molar-refractivity contribution in [2.75, 3.05) is 6.61 Å². The highest BCUT2D eigenvalue weighted by molar-refractivity contribution is 6.36. The predicted octanol–water partition coefficient (Wildman–Crippen LogP) is 4.37. The number of aliphatic hydroxyl groups is 1. The number of halogens is 2. The zero-order valence-corrected chi connectivity index (χ0v) is 13.9. The first-order valence-corrected chi connectivity index (χ1v) is 7.79. The molecule has 1 aliphatic rings. The van der Waals surface area contributed by atoms with Gasteiger partial charge in [-0.1, -0.05) is 23.2 Å². The van der Waals surface area contributed by atoms with Crippen molar-refractivity contribution in [2.45, 2.75) is 32.7 Å². The molecule has 1 aliphatic carbocycles. The number of aliphatic hydroxyl groups excluding tert-OH is 1. The summed E-state index contributed by atoms with van der Waals surface area (Å²) in [7, 11) is 0. The summed E-state index contributed by atoms with van der Waals surface area (Å²) in [5.74, 6) is -0.888. The average Bonchev–Trinajstić information content (AvgIpc) is 3.27. The van der Waals surface area contributed by atoms with Gasteiger partial charge in [-0.3, -0.25) is 4.99 Å². The lowest BCUT2D eigenvalue weighted by atomic mass is 10.1. The van der Waals surface area contributed by atoms with E-state index in [9.17, 15) is 9.90 Å². The van der Waals surface area contributed by atoms with Crippen LogP contribution in [0.4, 0.5) is 0 Å². The van der Waals surface area contributed by atoms with Gasteiger partial charge in [0.25, 0.3) is 0 Å². The smallest absolute Gasteiger partial charge is 0.343 e. The molecule has 1 aromatic carbocycles. The van der Waals surface area contributed by atoms with E-state index in [-0.39, 0.29) is 29.0 Å². The van der Waals surface area contributed by atoms with Crippen LogP contribution in [0.3, 0.4) is 0 Å². The van der Waals surface area contributed by atoms with Crippen LogP contribution in [-0.2, 0) is 9.53 Å². The zero-order valence-electron chi connectivity index (χ0n) is 12.4. The van der Waals surface area contributed by atoms with Crippen LogP contribution in [0.2, 0.25) is 10.0 Å².